The van der Waals surface area contributed by atoms with E-state index in [-0.39, 0.29) is 17.1 Å². The van der Waals surface area contributed by atoms with Crippen molar-refractivity contribution in [2.24, 2.45) is 12.0 Å². The molecular weight excluding hydrogens is 396 g/mol. The summed E-state index contributed by atoms with van der Waals surface area (Å²) in [6.07, 6.45) is -0.166. The highest BCUT2D eigenvalue weighted by Crippen LogP contribution is 2.23. The number of carbonyl (C=O) groups is 1. The number of aryl methyl sites for hydroxylation is 3. The predicted molar refractivity (Wildman–Crippen MR) is 111 cm³/mol. The quantitative estimate of drug-likeness (QED) is 0.638. The number of nitrogens with zero attached hydrogens (tertiary/aromatic N) is 2. The molecule has 0 saturated carbocycles. The monoisotopic (exact) mass is 418 g/mol. The highest BCUT2D eigenvalue weighted by Gasteiger charge is 2.17. The summed E-state index contributed by atoms with van der Waals surface area (Å²) in [4.78, 5) is 17.2. The van der Waals surface area contributed by atoms with Crippen LogP contribution in [-0.2, 0) is 21.7 Å². The highest BCUT2D eigenvalue weighted by atomic mass is 32.2. The van der Waals surface area contributed by atoms with Gasteiger partial charge in [-0.25, -0.2) is 8.42 Å². The third-order valence-corrected chi connectivity index (χ3v) is 7.54. The normalized spacial score (nSPS) is 12.5. The predicted octanol–water partition coefficient (Wildman–Crippen LogP) is 3.16. The molecule has 28 heavy (non-hydrogen) atoms. The Hall–Kier alpha value is -2.45. The number of aromatic nitrogens is 1. The lowest BCUT2D eigenvalue weighted by atomic mass is 10.1. The summed E-state index contributed by atoms with van der Waals surface area (Å²) in [7, 11) is -0.179. The van der Waals surface area contributed by atoms with Gasteiger partial charge in [0.05, 0.1) is 28.0 Å². The van der Waals surface area contributed by atoms with Gasteiger partial charge >= 0.3 is 0 Å². The average Bonchev–Trinajstić information content (AvgIpc) is 2.99. The van der Waals surface area contributed by atoms with E-state index < -0.39 is 15.7 Å². The van der Waals surface area contributed by atoms with E-state index in [0.29, 0.717) is 10.6 Å². The molecule has 0 unspecified atom stereocenters. The largest absolute Gasteiger partial charge is 0.497 e. The van der Waals surface area contributed by atoms with Crippen LogP contribution in [0.2, 0.25) is 0 Å². The van der Waals surface area contributed by atoms with Crippen molar-refractivity contribution in [1.82, 2.24) is 4.57 Å². The van der Waals surface area contributed by atoms with E-state index in [9.17, 15) is 13.2 Å². The Morgan fingerprint density at radius 3 is 2.46 bits per heavy atom. The van der Waals surface area contributed by atoms with Gasteiger partial charge in [0.25, 0.3) is 0 Å². The summed E-state index contributed by atoms with van der Waals surface area (Å²) in [5.74, 6) is -0.157. The van der Waals surface area contributed by atoms with Gasteiger partial charge in [0.2, 0.25) is 5.91 Å². The molecule has 0 spiro atoms. The van der Waals surface area contributed by atoms with Gasteiger partial charge in [-0.05, 0) is 55.3 Å². The van der Waals surface area contributed by atoms with Gasteiger partial charge in [-0.15, -0.1) is 0 Å². The second-order valence-electron chi connectivity index (χ2n) is 6.55. The standard InChI is InChI=1S/C20H22N2O4S2/c1-13-5-10-17-19(14(13)2)22(3)20(27-17)21-18(23)11-12-28(24,25)16-8-6-15(26-4)7-9-16/h5-10H,11-12H2,1-4H3. The number of carbonyl (C=O) groups excluding carboxylic acids is 1. The fourth-order valence-corrected chi connectivity index (χ4v) is 5.25. The summed E-state index contributed by atoms with van der Waals surface area (Å²) < 4.78 is 32.8. The lowest BCUT2D eigenvalue weighted by Crippen LogP contribution is -2.16. The molecule has 1 amide bonds. The Morgan fingerprint density at radius 1 is 1.14 bits per heavy atom. The maximum Gasteiger partial charge on any atom is 0.249 e. The summed E-state index contributed by atoms with van der Waals surface area (Å²) in [5.41, 5.74) is 3.36. The molecule has 6 nitrogen and oxygen atoms in total. The van der Waals surface area contributed by atoms with Crippen LogP contribution in [0.25, 0.3) is 10.2 Å². The van der Waals surface area contributed by atoms with E-state index in [1.165, 1.54) is 36.1 Å². The number of methoxy groups -OCH3 is 1. The summed E-state index contributed by atoms with van der Waals surface area (Å²) >= 11 is 1.42. The van der Waals surface area contributed by atoms with Crippen LogP contribution in [0.3, 0.4) is 0 Å². The molecule has 148 valence electrons. The lowest BCUT2D eigenvalue weighted by Gasteiger charge is -2.04. The molecule has 8 heteroatoms. The fourth-order valence-electron chi connectivity index (χ4n) is 2.92. The molecule has 1 aromatic heterocycles. The van der Waals surface area contributed by atoms with Crippen molar-refractivity contribution >= 4 is 37.3 Å². The number of ether oxygens (including phenoxy) is 1. The smallest absolute Gasteiger partial charge is 0.249 e. The van der Waals surface area contributed by atoms with Crippen molar-refractivity contribution in [3.05, 3.63) is 52.3 Å². The van der Waals surface area contributed by atoms with Crippen LogP contribution < -0.4 is 9.54 Å². The van der Waals surface area contributed by atoms with Crippen LogP contribution in [0.5, 0.6) is 5.75 Å². The molecule has 3 rings (SSSR count). The molecule has 0 fully saturated rings. The van der Waals surface area contributed by atoms with Gasteiger partial charge in [-0.1, -0.05) is 17.4 Å². The molecule has 2 aromatic carbocycles. The van der Waals surface area contributed by atoms with Crippen molar-refractivity contribution in [2.45, 2.75) is 25.2 Å². The van der Waals surface area contributed by atoms with Crippen LogP contribution in [-0.4, -0.2) is 31.8 Å². The van der Waals surface area contributed by atoms with Crippen molar-refractivity contribution in [2.75, 3.05) is 12.9 Å². The Balaban J connectivity index is 1.81. The van der Waals surface area contributed by atoms with Crippen molar-refractivity contribution in [1.29, 1.82) is 0 Å². The second kappa shape index (κ2) is 7.89. The molecule has 0 N–H and O–H groups in total. The number of benzene rings is 2. The number of amides is 1. The summed E-state index contributed by atoms with van der Waals surface area (Å²) in [6.45, 7) is 4.08. The number of hydrogen-bond donors (Lipinski definition) is 0. The molecule has 0 aliphatic rings. The third kappa shape index (κ3) is 4.02. The first-order valence-electron chi connectivity index (χ1n) is 8.73. The zero-order chi connectivity index (χ0) is 20.5. The molecule has 0 aliphatic heterocycles. The van der Waals surface area contributed by atoms with Crippen LogP contribution in [0.1, 0.15) is 17.5 Å². The Bertz CT molecular complexity index is 1200. The van der Waals surface area contributed by atoms with Crippen LogP contribution in [0, 0.1) is 13.8 Å². The minimum absolute atomic E-state index is 0.166. The SMILES string of the molecule is COc1ccc(S(=O)(=O)CCC(=O)N=c2sc3ccc(C)c(C)c3n2C)cc1. The van der Waals surface area contributed by atoms with Gasteiger partial charge in [0.1, 0.15) is 5.75 Å². The van der Waals surface area contributed by atoms with Crippen LogP contribution in [0.15, 0.2) is 46.3 Å². The third-order valence-electron chi connectivity index (χ3n) is 4.71. The van der Waals surface area contributed by atoms with Crippen molar-refractivity contribution in [3.8, 4) is 5.75 Å². The van der Waals surface area contributed by atoms with Gasteiger partial charge < -0.3 is 9.30 Å². The van der Waals surface area contributed by atoms with Gasteiger partial charge in [-0.3, -0.25) is 4.79 Å². The number of sulfone groups is 1. The van der Waals surface area contributed by atoms with Crippen LogP contribution >= 0.6 is 11.3 Å². The molecular formula is C20H22N2O4S2. The first kappa shape index (κ1) is 20.3. The van der Waals surface area contributed by atoms with Crippen LogP contribution in [0.4, 0.5) is 0 Å². The summed E-state index contributed by atoms with van der Waals surface area (Å²) in [5, 5.41) is 0. The van der Waals surface area contributed by atoms with Crippen molar-refractivity contribution in [3.63, 3.8) is 0 Å². The molecule has 0 atom stereocenters. The van der Waals surface area contributed by atoms with E-state index in [1.807, 2.05) is 37.6 Å². The number of fused-ring (bicyclic) bond motifs is 1. The van der Waals surface area contributed by atoms with E-state index in [4.69, 9.17) is 4.74 Å². The minimum atomic E-state index is -3.56. The molecule has 0 aliphatic carbocycles. The molecule has 0 bridgehead atoms. The van der Waals surface area contributed by atoms with E-state index in [1.54, 1.807) is 12.1 Å². The van der Waals surface area contributed by atoms with E-state index in [2.05, 4.69) is 4.99 Å². The maximum atomic E-state index is 12.4. The van der Waals surface area contributed by atoms with Gasteiger partial charge in [0.15, 0.2) is 14.6 Å². The zero-order valence-electron chi connectivity index (χ0n) is 16.2. The highest BCUT2D eigenvalue weighted by molar-refractivity contribution is 7.91. The molecule has 0 saturated heterocycles. The molecule has 3 aromatic rings. The molecule has 0 radical (unpaired) electrons. The number of thiazole rings is 1. The Kier molecular flexibility index (Phi) is 5.71. The number of rotatable bonds is 5. The average molecular weight is 419 g/mol. The number of hydrogen-bond acceptors (Lipinski definition) is 5. The van der Waals surface area contributed by atoms with Gasteiger partial charge in [-0.2, -0.15) is 4.99 Å². The summed E-state index contributed by atoms with van der Waals surface area (Å²) in [6, 6.07) is 10.2. The Morgan fingerprint density at radius 2 is 1.82 bits per heavy atom. The van der Waals surface area contributed by atoms with Gasteiger partial charge in [0, 0.05) is 13.5 Å². The minimum Gasteiger partial charge on any atom is -0.497 e. The second-order valence-corrected chi connectivity index (χ2v) is 9.67. The van der Waals surface area contributed by atoms with E-state index >= 15 is 0 Å². The molecule has 1 heterocycles. The van der Waals surface area contributed by atoms with E-state index in [0.717, 1.165) is 15.8 Å². The zero-order valence-corrected chi connectivity index (χ0v) is 17.9. The Labute approximate surface area is 168 Å². The van der Waals surface area contributed by atoms with Crippen molar-refractivity contribution < 1.29 is 17.9 Å². The maximum absolute atomic E-state index is 12.4. The topological polar surface area (TPSA) is 77.7 Å². The first-order valence-corrected chi connectivity index (χ1v) is 11.2. The lowest BCUT2D eigenvalue weighted by molar-refractivity contribution is -0.117. The fraction of sp³-hybridized carbons (Fsp3) is 0.300. The first-order chi connectivity index (χ1) is 13.2.